The summed E-state index contributed by atoms with van der Waals surface area (Å²) < 4.78 is 5.19. The van der Waals surface area contributed by atoms with Gasteiger partial charge in [-0.1, -0.05) is 25.1 Å². The molecule has 0 aromatic rings. The second-order valence-corrected chi connectivity index (χ2v) is 3.82. The first-order valence-corrected chi connectivity index (χ1v) is 5.38. The Kier molecular flexibility index (Phi) is 8.18. The lowest BCUT2D eigenvalue weighted by Gasteiger charge is -2.09. The monoisotopic (exact) mass is 206 g/mol. The number of nitrogens with two attached hydrogens (primary N) is 1. The van der Waals surface area contributed by atoms with Gasteiger partial charge in [0.1, 0.15) is 0 Å². The largest absolute Gasteiger partial charge is 0.390 e. The number of aliphatic hydroxyl groups is 1. The molecule has 0 radical (unpaired) electrons. The van der Waals surface area contributed by atoms with Crippen molar-refractivity contribution in [3.63, 3.8) is 0 Å². The molecule has 78 valence electrons. The number of ether oxygens (including phenoxy) is 1. The summed E-state index contributed by atoms with van der Waals surface area (Å²) in [5.41, 5.74) is 5.11. The molecule has 1 atom stereocenters. The number of nitrogens with one attached hydrogen (secondary N) is 1. The van der Waals surface area contributed by atoms with Crippen molar-refractivity contribution in [1.29, 1.82) is 5.41 Å². The van der Waals surface area contributed by atoms with Crippen molar-refractivity contribution in [3.8, 4) is 0 Å². The third-order valence-corrected chi connectivity index (χ3v) is 2.25. The Morgan fingerprint density at radius 3 is 2.92 bits per heavy atom. The molecule has 5 heteroatoms. The average molecular weight is 206 g/mol. The highest BCUT2D eigenvalue weighted by atomic mass is 32.2. The lowest BCUT2D eigenvalue weighted by Crippen LogP contribution is -2.20. The van der Waals surface area contributed by atoms with Crippen molar-refractivity contribution < 1.29 is 9.84 Å². The molecule has 0 saturated heterocycles. The predicted molar refractivity (Wildman–Crippen MR) is 56.1 cm³/mol. The number of aliphatic hydroxyl groups excluding tert-OH is 1. The van der Waals surface area contributed by atoms with Gasteiger partial charge in [0.05, 0.1) is 12.7 Å². The van der Waals surface area contributed by atoms with Crippen LogP contribution in [0.25, 0.3) is 0 Å². The molecule has 0 aliphatic rings. The van der Waals surface area contributed by atoms with E-state index in [0.717, 1.165) is 24.6 Å². The summed E-state index contributed by atoms with van der Waals surface area (Å²) in [6.07, 6.45) is 1.59. The molecule has 0 heterocycles. The molecule has 0 aromatic carbocycles. The molecule has 4 nitrogen and oxygen atoms in total. The SMILES string of the molecule is CCCCOCC(O)CSC(=N)N. The Labute approximate surface area is 83.3 Å². The predicted octanol–water partition coefficient (Wildman–Crippen LogP) is 0.791. The third kappa shape index (κ3) is 9.66. The summed E-state index contributed by atoms with van der Waals surface area (Å²) in [6.45, 7) is 3.12. The van der Waals surface area contributed by atoms with E-state index in [9.17, 15) is 5.11 Å². The maximum Gasteiger partial charge on any atom is 0.151 e. The molecule has 13 heavy (non-hydrogen) atoms. The summed E-state index contributed by atoms with van der Waals surface area (Å²) in [6, 6.07) is 0. The van der Waals surface area contributed by atoms with Crippen molar-refractivity contribution in [2.75, 3.05) is 19.0 Å². The number of unbranched alkanes of at least 4 members (excludes halogenated alkanes) is 1. The highest BCUT2D eigenvalue weighted by molar-refractivity contribution is 8.13. The third-order valence-electron chi connectivity index (χ3n) is 1.38. The highest BCUT2D eigenvalue weighted by Gasteiger charge is 2.04. The summed E-state index contributed by atoms with van der Waals surface area (Å²) in [7, 11) is 0. The van der Waals surface area contributed by atoms with Crippen LogP contribution in [-0.4, -0.2) is 35.3 Å². The molecule has 0 aliphatic heterocycles. The molecule has 0 amide bonds. The Morgan fingerprint density at radius 2 is 2.38 bits per heavy atom. The Bertz CT molecular complexity index is 144. The molecule has 0 spiro atoms. The van der Waals surface area contributed by atoms with Crippen LogP contribution >= 0.6 is 11.8 Å². The number of amidine groups is 1. The average Bonchev–Trinajstić information content (AvgIpc) is 2.09. The van der Waals surface area contributed by atoms with Gasteiger partial charge in [-0.15, -0.1) is 0 Å². The van der Waals surface area contributed by atoms with Crippen LogP contribution in [-0.2, 0) is 4.74 Å². The topological polar surface area (TPSA) is 79.3 Å². The Balaban J connectivity index is 3.19. The fourth-order valence-electron chi connectivity index (χ4n) is 0.700. The smallest absolute Gasteiger partial charge is 0.151 e. The quantitative estimate of drug-likeness (QED) is 0.327. The van der Waals surface area contributed by atoms with E-state index in [1.165, 1.54) is 0 Å². The zero-order valence-electron chi connectivity index (χ0n) is 7.95. The van der Waals surface area contributed by atoms with Gasteiger partial charge in [0.2, 0.25) is 0 Å². The standard InChI is InChI=1S/C8H18N2O2S/c1-2-3-4-12-5-7(11)6-13-8(9)10/h7,11H,2-6H2,1H3,(H3,9,10). The van der Waals surface area contributed by atoms with Crippen molar-refractivity contribution >= 4 is 16.9 Å². The Hall–Kier alpha value is -0.260. The lowest BCUT2D eigenvalue weighted by atomic mass is 10.3. The number of thioether (sulfide) groups is 1. The van der Waals surface area contributed by atoms with Crippen LogP contribution in [0.3, 0.4) is 0 Å². The van der Waals surface area contributed by atoms with Gasteiger partial charge in [0.15, 0.2) is 5.17 Å². The van der Waals surface area contributed by atoms with Gasteiger partial charge in [0.25, 0.3) is 0 Å². The van der Waals surface area contributed by atoms with Crippen LogP contribution in [0.4, 0.5) is 0 Å². The fourth-order valence-corrected chi connectivity index (χ4v) is 1.17. The Morgan fingerprint density at radius 1 is 1.69 bits per heavy atom. The summed E-state index contributed by atoms with van der Waals surface area (Å²) >= 11 is 1.13. The second kappa shape index (κ2) is 8.34. The molecular formula is C8H18N2O2S. The molecule has 0 bridgehead atoms. The van der Waals surface area contributed by atoms with E-state index in [2.05, 4.69) is 6.92 Å². The molecule has 0 fully saturated rings. The number of hydrogen-bond donors (Lipinski definition) is 3. The van der Waals surface area contributed by atoms with Crippen LogP contribution in [0.5, 0.6) is 0 Å². The lowest BCUT2D eigenvalue weighted by molar-refractivity contribution is 0.0474. The van der Waals surface area contributed by atoms with E-state index < -0.39 is 6.10 Å². The van der Waals surface area contributed by atoms with E-state index in [1.807, 2.05) is 0 Å². The zero-order chi connectivity index (χ0) is 10.1. The van der Waals surface area contributed by atoms with Crippen LogP contribution < -0.4 is 5.73 Å². The molecule has 0 aromatic heterocycles. The minimum Gasteiger partial charge on any atom is -0.390 e. The van der Waals surface area contributed by atoms with E-state index >= 15 is 0 Å². The fraction of sp³-hybridized carbons (Fsp3) is 0.875. The van der Waals surface area contributed by atoms with Crippen molar-refractivity contribution in [1.82, 2.24) is 0 Å². The molecule has 0 saturated carbocycles. The first-order valence-electron chi connectivity index (χ1n) is 4.39. The number of hydrogen-bond acceptors (Lipinski definition) is 4. The highest BCUT2D eigenvalue weighted by Crippen LogP contribution is 2.02. The van der Waals surface area contributed by atoms with Gasteiger partial charge in [-0.3, -0.25) is 5.41 Å². The molecule has 1 unspecified atom stereocenters. The first-order chi connectivity index (χ1) is 6.16. The normalized spacial score (nSPS) is 12.8. The maximum atomic E-state index is 9.30. The van der Waals surface area contributed by atoms with E-state index in [4.69, 9.17) is 15.9 Å². The zero-order valence-corrected chi connectivity index (χ0v) is 8.77. The molecule has 0 rings (SSSR count). The van der Waals surface area contributed by atoms with Crippen molar-refractivity contribution in [2.45, 2.75) is 25.9 Å². The molecule has 0 aliphatic carbocycles. The van der Waals surface area contributed by atoms with Crippen molar-refractivity contribution in [3.05, 3.63) is 0 Å². The molecular weight excluding hydrogens is 188 g/mol. The van der Waals surface area contributed by atoms with E-state index in [1.54, 1.807) is 0 Å². The first kappa shape index (κ1) is 12.7. The van der Waals surface area contributed by atoms with Crippen LogP contribution in [0, 0.1) is 5.41 Å². The summed E-state index contributed by atoms with van der Waals surface area (Å²) in [4.78, 5) is 0. The van der Waals surface area contributed by atoms with Crippen molar-refractivity contribution in [2.24, 2.45) is 5.73 Å². The second-order valence-electron chi connectivity index (χ2n) is 2.76. The van der Waals surface area contributed by atoms with Gasteiger partial charge in [-0.25, -0.2) is 0 Å². The van der Waals surface area contributed by atoms with Crippen LogP contribution in [0.2, 0.25) is 0 Å². The van der Waals surface area contributed by atoms with E-state index in [-0.39, 0.29) is 5.17 Å². The van der Waals surface area contributed by atoms with Crippen LogP contribution in [0.1, 0.15) is 19.8 Å². The van der Waals surface area contributed by atoms with Gasteiger partial charge in [-0.05, 0) is 6.42 Å². The molecule has 4 N–H and O–H groups in total. The number of rotatable bonds is 7. The van der Waals surface area contributed by atoms with Gasteiger partial charge in [-0.2, -0.15) is 0 Å². The summed E-state index contributed by atoms with van der Waals surface area (Å²) in [5, 5.41) is 16.3. The van der Waals surface area contributed by atoms with Gasteiger partial charge in [0, 0.05) is 12.4 Å². The minimum atomic E-state index is -0.522. The summed E-state index contributed by atoms with van der Waals surface area (Å²) in [5.74, 6) is 0.432. The van der Waals surface area contributed by atoms with Gasteiger partial charge >= 0.3 is 0 Å². The van der Waals surface area contributed by atoms with Gasteiger partial charge < -0.3 is 15.6 Å². The van der Waals surface area contributed by atoms with E-state index in [0.29, 0.717) is 19.0 Å². The van der Waals surface area contributed by atoms with Crippen LogP contribution in [0.15, 0.2) is 0 Å². The minimum absolute atomic E-state index is 0.0348. The maximum absolute atomic E-state index is 9.30.